The number of para-hydroxylation sites is 1. The Morgan fingerprint density at radius 3 is 2.68 bits per heavy atom. The molecule has 0 saturated heterocycles. The second-order valence-corrected chi connectivity index (χ2v) is 9.06. The highest BCUT2D eigenvalue weighted by Gasteiger charge is 2.20. The number of oxazole rings is 1. The summed E-state index contributed by atoms with van der Waals surface area (Å²) in [6.45, 7) is 1.18. The number of aromatic nitrogens is 3. The fraction of sp³-hybridized carbons (Fsp3) is 0.160. The molecule has 0 aliphatic heterocycles. The van der Waals surface area contributed by atoms with Crippen molar-refractivity contribution in [3.05, 3.63) is 88.4 Å². The molecule has 3 heterocycles. The molecule has 3 aromatic heterocycles. The van der Waals surface area contributed by atoms with Gasteiger partial charge in [0.1, 0.15) is 5.69 Å². The van der Waals surface area contributed by atoms with Crippen LogP contribution in [0.5, 0.6) is 0 Å². The highest BCUT2D eigenvalue weighted by atomic mass is 32.1. The number of rotatable bonds is 7. The van der Waals surface area contributed by atoms with Crippen LogP contribution < -0.4 is 11.1 Å². The second kappa shape index (κ2) is 9.12. The SMILES string of the molecule is CN(C)CCn1c(=O)oc2ccc(NC(=O)c3cn(-c4ccccc4)nc3-c3cccs3)cc21. The number of fused-ring (bicyclic) bond motifs is 1. The van der Waals surface area contributed by atoms with Gasteiger partial charge >= 0.3 is 5.76 Å². The molecule has 0 bridgehead atoms. The summed E-state index contributed by atoms with van der Waals surface area (Å²) >= 11 is 1.53. The average Bonchev–Trinajstić information content (AvgIpc) is 3.56. The average molecular weight is 474 g/mol. The third-order valence-electron chi connectivity index (χ3n) is 5.43. The number of benzene rings is 2. The van der Waals surface area contributed by atoms with Crippen LogP contribution in [0.25, 0.3) is 27.4 Å². The lowest BCUT2D eigenvalue weighted by atomic mass is 10.2. The molecule has 34 heavy (non-hydrogen) atoms. The standard InChI is InChI=1S/C25H23N5O3S/c1-28(2)12-13-29-20-15-17(10-11-21(20)33-25(29)32)26-24(31)19-16-30(18-7-4-3-5-8-18)27-23(19)22-9-6-14-34-22/h3-11,14-16H,12-13H2,1-2H3,(H,26,31). The third-order valence-corrected chi connectivity index (χ3v) is 6.31. The van der Waals surface area contributed by atoms with Crippen LogP contribution in [0.4, 0.5) is 5.69 Å². The maximum atomic E-state index is 13.4. The first kappa shape index (κ1) is 21.9. The molecule has 172 valence electrons. The highest BCUT2D eigenvalue weighted by Crippen LogP contribution is 2.29. The van der Waals surface area contributed by atoms with Gasteiger partial charge in [-0.2, -0.15) is 5.10 Å². The molecule has 5 aromatic rings. The first-order valence-electron chi connectivity index (χ1n) is 10.8. The smallest absolute Gasteiger partial charge is 0.408 e. The van der Waals surface area contributed by atoms with E-state index in [4.69, 9.17) is 9.52 Å². The lowest BCUT2D eigenvalue weighted by molar-refractivity contribution is 0.102. The zero-order chi connectivity index (χ0) is 23.7. The van der Waals surface area contributed by atoms with Crippen LogP contribution in [-0.4, -0.2) is 45.8 Å². The maximum absolute atomic E-state index is 13.4. The molecule has 1 N–H and O–H groups in total. The molecule has 0 aliphatic rings. The van der Waals surface area contributed by atoms with E-state index in [1.807, 2.05) is 66.8 Å². The Kier molecular flexibility index (Phi) is 5.87. The molecule has 0 aliphatic carbocycles. The third kappa shape index (κ3) is 4.30. The number of carbonyl (C=O) groups is 1. The van der Waals surface area contributed by atoms with Gasteiger partial charge in [0, 0.05) is 25.0 Å². The summed E-state index contributed by atoms with van der Waals surface area (Å²) in [5.41, 5.74) is 3.64. The van der Waals surface area contributed by atoms with Crippen LogP contribution in [-0.2, 0) is 6.54 Å². The fourth-order valence-electron chi connectivity index (χ4n) is 3.70. The zero-order valence-electron chi connectivity index (χ0n) is 18.8. The fourth-order valence-corrected chi connectivity index (χ4v) is 4.42. The second-order valence-electron chi connectivity index (χ2n) is 8.11. The van der Waals surface area contributed by atoms with Crippen LogP contribution in [0.15, 0.2) is 81.5 Å². The number of hydrogen-bond acceptors (Lipinski definition) is 6. The Morgan fingerprint density at radius 2 is 1.94 bits per heavy atom. The lowest BCUT2D eigenvalue weighted by Crippen LogP contribution is -2.23. The van der Waals surface area contributed by atoms with Crippen molar-refractivity contribution in [2.75, 3.05) is 26.0 Å². The minimum absolute atomic E-state index is 0.282. The number of nitrogens with one attached hydrogen (secondary N) is 1. The molecule has 8 nitrogen and oxygen atoms in total. The van der Waals surface area contributed by atoms with E-state index in [-0.39, 0.29) is 5.91 Å². The quantitative estimate of drug-likeness (QED) is 0.380. The van der Waals surface area contributed by atoms with Gasteiger partial charge in [-0.15, -0.1) is 11.3 Å². The van der Waals surface area contributed by atoms with E-state index in [9.17, 15) is 9.59 Å². The van der Waals surface area contributed by atoms with Crippen molar-refractivity contribution in [2.45, 2.75) is 6.54 Å². The van der Waals surface area contributed by atoms with Crippen molar-refractivity contribution in [1.29, 1.82) is 0 Å². The molecule has 1 amide bonds. The summed E-state index contributed by atoms with van der Waals surface area (Å²) in [7, 11) is 3.89. The Bertz CT molecular complexity index is 1500. The Balaban J connectivity index is 1.49. The molecule has 0 saturated carbocycles. The van der Waals surface area contributed by atoms with E-state index in [0.717, 1.165) is 10.6 Å². The van der Waals surface area contributed by atoms with Crippen molar-refractivity contribution in [3.63, 3.8) is 0 Å². The largest absolute Gasteiger partial charge is 0.419 e. The highest BCUT2D eigenvalue weighted by molar-refractivity contribution is 7.13. The van der Waals surface area contributed by atoms with Gasteiger partial charge < -0.3 is 14.6 Å². The first-order valence-corrected chi connectivity index (χ1v) is 11.7. The number of nitrogens with zero attached hydrogens (tertiary/aromatic N) is 4. The molecule has 9 heteroatoms. The first-order chi connectivity index (χ1) is 16.5. The molecule has 0 spiro atoms. The van der Waals surface area contributed by atoms with Crippen molar-refractivity contribution < 1.29 is 9.21 Å². The summed E-state index contributed by atoms with van der Waals surface area (Å²) in [6.07, 6.45) is 1.74. The van der Waals surface area contributed by atoms with E-state index in [1.165, 1.54) is 11.3 Å². The summed E-state index contributed by atoms with van der Waals surface area (Å²) in [4.78, 5) is 28.6. The number of hydrogen-bond donors (Lipinski definition) is 1. The van der Waals surface area contributed by atoms with Crippen LogP contribution >= 0.6 is 11.3 Å². The van der Waals surface area contributed by atoms with Crippen molar-refractivity contribution in [3.8, 4) is 16.3 Å². The lowest BCUT2D eigenvalue weighted by Gasteiger charge is -2.10. The number of amides is 1. The van der Waals surface area contributed by atoms with Gasteiger partial charge in [0.05, 0.1) is 21.6 Å². The summed E-state index contributed by atoms with van der Waals surface area (Å²) < 4.78 is 8.65. The Hall–Kier alpha value is -3.95. The number of likely N-dealkylation sites (N-methyl/N-ethyl adjacent to an activating group) is 1. The van der Waals surface area contributed by atoms with E-state index >= 15 is 0 Å². The van der Waals surface area contributed by atoms with Gasteiger partial charge in [-0.3, -0.25) is 9.36 Å². The molecule has 0 radical (unpaired) electrons. The number of carbonyl (C=O) groups excluding carboxylic acids is 1. The predicted molar refractivity (Wildman–Crippen MR) is 134 cm³/mol. The van der Waals surface area contributed by atoms with E-state index in [0.29, 0.717) is 41.1 Å². The molecule has 0 fully saturated rings. The van der Waals surface area contributed by atoms with Crippen LogP contribution in [0.1, 0.15) is 10.4 Å². The van der Waals surface area contributed by atoms with Gasteiger partial charge in [0.2, 0.25) is 0 Å². The normalized spacial score (nSPS) is 11.4. The van der Waals surface area contributed by atoms with Gasteiger partial charge in [-0.25, -0.2) is 9.48 Å². The van der Waals surface area contributed by atoms with E-state index in [2.05, 4.69) is 5.32 Å². The molecular formula is C25H23N5O3S. The summed E-state index contributed by atoms with van der Waals surface area (Å²) in [6, 6.07) is 18.7. The molecular weight excluding hydrogens is 450 g/mol. The van der Waals surface area contributed by atoms with Crippen LogP contribution in [0, 0.1) is 0 Å². The van der Waals surface area contributed by atoms with Crippen LogP contribution in [0.2, 0.25) is 0 Å². The zero-order valence-corrected chi connectivity index (χ0v) is 19.6. The molecule has 0 unspecified atom stereocenters. The molecule has 0 atom stereocenters. The minimum Gasteiger partial charge on any atom is -0.408 e. The molecule has 2 aromatic carbocycles. The van der Waals surface area contributed by atoms with Crippen molar-refractivity contribution in [1.82, 2.24) is 19.2 Å². The van der Waals surface area contributed by atoms with Crippen LogP contribution in [0.3, 0.4) is 0 Å². The number of thiophene rings is 1. The van der Waals surface area contributed by atoms with Crippen molar-refractivity contribution >= 4 is 34.0 Å². The minimum atomic E-state index is -0.413. The van der Waals surface area contributed by atoms with E-state index < -0.39 is 5.76 Å². The van der Waals surface area contributed by atoms with E-state index in [1.54, 1.807) is 33.6 Å². The number of anilines is 1. The molecule has 5 rings (SSSR count). The topological polar surface area (TPSA) is 85.3 Å². The van der Waals surface area contributed by atoms with Gasteiger partial charge in [-0.05, 0) is 55.9 Å². The van der Waals surface area contributed by atoms with Gasteiger partial charge in [0.25, 0.3) is 5.91 Å². The maximum Gasteiger partial charge on any atom is 0.419 e. The van der Waals surface area contributed by atoms with Crippen molar-refractivity contribution in [2.24, 2.45) is 0 Å². The predicted octanol–water partition coefficient (Wildman–Crippen LogP) is 4.32. The summed E-state index contributed by atoms with van der Waals surface area (Å²) in [5.74, 6) is -0.694. The monoisotopic (exact) mass is 473 g/mol. The summed E-state index contributed by atoms with van der Waals surface area (Å²) in [5, 5.41) is 9.62. The Morgan fingerprint density at radius 1 is 1.12 bits per heavy atom. The van der Waals surface area contributed by atoms with Gasteiger partial charge in [-0.1, -0.05) is 24.3 Å². The Labute approximate surface area is 199 Å². The van der Waals surface area contributed by atoms with Gasteiger partial charge in [0.15, 0.2) is 5.58 Å².